The molecule has 2 aromatic heterocycles. The summed E-state index contributed by atoms with van der Waals surface area (Å²) in [5.41, 5.74) is 7.32. The van der Waals surface area contributed by atoms with Gasteiger partial charge in [0.15, 0.2) is 4.96 Å². The summed E-state index contributed by atoms with van der Waals surface area (Å²) in [5, 5.41) is 2.06. The first kappa shape index (κ1) is 14.5. The third kappa shape index (κ3) is 4.62. The Kier molecular flexibility index (Phi) is 5.86. The Bertz CT molecular complexity index is 446. The van der Waals surface area contributed by atoms with Crippen LogP contribution in [-0.2, 0) is 6.42 Å². The zero-order valence-electron chi connectivity index (χ0n) is 11.8. The van der Waals surface area contributed by atoms with Crippen molar-refractivity contribution in [2.75, 3.05) is 0 Å². The SMILES string of the molecule is CCCCCCCCC(N)Cc1cn2ccsc2n1. The summed E-state index contributed by atoms with van der Waals surface area (Å²) in [7, 11) is 0. The van der Waals surface area contributed by atoms with Crippen molar-refractivity contribution in [3.63, 3.8) is 0 Å². The highest BCUT2D eigenvalue weighted by atomic mass is 32.1. The number of hydrogen-bond acceptors (Lipinski definition) is 3. The monoisotopic (exact) mass is 279 g/mol. The van der Waals surface area contributed by atoms with Crippen molar-refractivity contribution in [1.82, 2.24) is 9.38 Å². The summed E-state index contributed by atoms with van der Waals surface area (Å²) < 4.78 is 2.08. The van der Waals surface area contributed by atoms with E-state index in [2.05, 4.69) is 34.1 Å². The third-order valence-corrected chi connectivity index (χ3v) is 4.31. The van der Waals surface area contributed by atoms with Crippen molar-refractivity contribution in [3.8, 4) is 0 Å². The predicted octanol–water partition coefficient (Wildman–Crippen LogP) is 4.02. The Hall–Kier alpha value is -0.870. The van der Waals surface area contributed by atoms with E-state index in [9.17, 15) is 0 Å². The number of nitrogens with two attached hydrogens (primary N) is 1. The van der Waals surface area contributed by atoms with Gasteiger partial charge in [-0.05, 0) is 6.42 Å². The molecular weight excluding hydrogens is 254 g/mol. The van der Waals surface area contributed by atoms with Crippen LogP contribution < -0.4 is 5.73 Å². The molecule has 4 heteroatoms. The number of rotatable bonds is 9. The van der Waals surface area contributed by atoms with E-state index in [4.69, 9.17) is 5.73 Å². The average molecular weight is 279 g/mol. The molecule has 2 rings (SSSR count). The molecule has 0 fully saturated rings. The second kappa shape index (κ2) is 7.65. The van der Waals surface area contributed by atoms with Gasteiger partial charge < -0.3 is 5.73 Å². The van der Waals surface area contributed by atoms with Crippen molar-refractivity contribution in [1.29, 1.82) is 0 Å². The molecule has 0 saturated heterocycles. The van der Waals surface area contributed by atoms with Gasteiger partial charge in [-0.2, -0.15) is 0 Å². The van der Waals surface area contributed by atoms with Crippen molar-refractivity contribution >= 4 is 16.3 Å². The lowest BCUT2D eigenvalue weighted by Gasteiger charge is -2.09. The second-order valence-electron chi connectivity index (χ2n) is 5.35. The van der Waals surface area contributed by atoms with Crippen LogP contribution >= 0.6 is 11.3 Å². The van der Waals surface area contributed by atoms with Crippen molar-refractivity contribution < 1.29 is 0 Å². The Labute approximate surface area is 119 Å². The molecule has 1 unspecified atom stereocenters. The van der Waals surface area contributed by atoms with Crippen LogP contribution in [0.5, 0.6) is 0 Å². The summed E-state index contributed by atoms with van der Waals surface area (Å²) >= 11 is 1.68. The van der Waals surface area contributed by atoms with Crippen LogP contribution in [0.15, 0.2) is 17.8 Å². The number of hydrogen-bond donors (Lipinski definition) is 1. The topological polar surface area (TPSA) is 43.3 Å². The molecule has 106 valence electrons. The molecule has 0 bridgehead atoms. The first-order chi connectivity index (χ1) is 9.29. The Balaban J connectivity index is 1.64. The molecule has 0 aliphatic rings. The van der Waals surface area contributed by atoms with Gasteiger partial charge in [0, 0.05) is 30.2 Å². The van der Waals surface area contributed by atoms with E-state index in [1.807, 2.05) is 0 Å². The molecule has 2 heterocycles. The van der Waals surface area contributed by atoms with E-state index in [-0.39, 0.29) is 6.04 Å². The fourth-order valence-corrected chi connectivity index (χ4v) is 3.15. The molecule has 0 amide bonds. The first-order valence-corrected chi connectivity index (χ1v) is 8.34. The molecule has 0 radical (unpaired) electrons. The summed E-state index contributed by atoms with van der Waals surface area (Å²) in [4.78, 5) is 5.65. The molecule has 0 saturated carbocycles. The third-order valence-electron chi connectivity index (χ3n) is 3.54. The Morgan fingerprint density at radius 3 is 2.84 bits per heavy atom. The van der Waals surface area contributed by atoms with Crippen LogP contribution in [0.25, 0.3) is 4.96 Å². The van der Waals surface area contributed by atoms with Crippen LogP contribution in [0, 0.1) is 0 Å². The van der Waals surface area contributed by atoms with Crippen LogP contribution in [0.4, 0.5) is 0 Å². The van der Waals surface area contributed by atoms with Gasteiger partial charge in [-0.3, -0.25) is 4.40 Å². The van der Waals surface area contributed by atoms with Gasteiger partial charge in [0.2, 0.25) is 0 Å². The number of imidazole rings is 1. The van der Waals surface area contributed by atoms with E-state index in [1.165, 1.54) is 38.5 Å². The standard InChI is InChI=1S/C15H25N3S/c1-2-3-4-5-6-7-8-13(16)11-14-12-18-9-10-19-15(18)17-14/h9-10,12-13H,2-8,11,16H2,1H3. The Morgan fingerprint density at radius 2 is 2.05 bits per heavy atom. The number of fused-ring (bicyclic) bond motifs is 1. The molecule has 19 heavy (non-hydrogen) atoms. The minimum Gasteiger partial charge on any atom is -0.327 e. The van der Waals surface area contributed by atoms with Crippen molar-refractivity contribution in [2.45, 2.75) is 64.3 Å². The van der Waals surface area contributed by atoms with Gasteiger partial charge in [0.05, 0.1) is 5.69 Å². The van der Waals surface area contributed by atoms with Gasteiger partial charge in [-0.1, -0.05) is 45.4 Å². The van der Waals surface area contributed by atoms with Gasteiger partial charge in [-0.15, -0.1) is 11.3 Å². The predicted molar refractivity (Wildman–Crippen MR) is 82.7 cm³/mol. The van der Waals surface area contributed by atoms with Gasteiger partial charge >= 0.3 is 0 Å². The minimum absolute atomic E-state index is 0.260. The molecule has 0 aliphatic heterocycles. The molecular formula is C15H25N3S. The minimum atomic E-state index is 0.260. The van der Waals surface area contributed by atoms with Crippen LogP contribution in [0.3, 0.4) is 0 Å². The van der Waals surface area contributed by atoms with E-state index >= 15 is 0 Å². The highest BCUT2D eigenvalue weighted by molar-refractivity contribution is 7.15. The smallest absolute Gasteiger partial charge is 0.193 e. The summed E-state index contributed by atoms with van der Waals surface area (Å²) in [6.45, 7) is 2.26. The molecule has 0 spiro atoms. The quantitative estimate of drug-likeness (QED) is 0.705. The molecule has 0 aromatic carbocycles. The molecule has 1 atom stereocenters. The molecule has 2 aromatic rings. The maximum absolute atomic E-state index is 6.19. The fraction of sp³-hybridized carbons (Fsp3) is 0.667. The molecule has 2 N–H and O–H groups in total. The summed E-state index contributed by atoms with van der Waals surface area (Å²) in [6.07, 6.45) is 14.2. The van der Waals surface area contributed by atoms with Crippen LogP contribution in [-0.4, -0.2) is 15.4 Å². The number of thiazole rings is 1. The maximum atomic E-state index is 6.19. The summed E-state index contributed by atoms with van der Waals surface area (Å²) in [5.74, 6) is 0. The number of aromatic nitrogens is 2. The highest BCUT2D eigenvalue weighted by Gasteiger charge is 2.08. The van der Waals surface area contributed by atoms with Crippen molar-refractivity contribution in [2.24, 2.45) is 5.73 Å². The van der Waals surface area contributed by atoms with E-state index < -0.39 is 0 Å². The zero-order chi connectivity index (χ0) is 13.5. The van der Waals surface area contributed by atoms with Crippen LogP contribution in [0.1, 0.15) is 57.6 Å². The number of unbranched alkanes of at least 4 members (excludes halogenated alkanes) is 5. The molecule has 3 nitrogen and oxygen atoms in total. The van der Waals surface area contributed by atoms with Crippen LogP contribution in [0.2, 0.25) is 0 Å². The molecule has 0 aliphatic carbocycles. The lowest BCUT2D eigenvalue weighted by Crippen LogP contribution is -2.22. The van der Waals surface area contributed by atoms with Crippen molar-refractivity contribution in [3.05, 3.63) is 23.5 Å². The normalized spacial score (nSPS) is 13.2. The Morgan fingerprint density at radius 1 is 1.26 bits per heavy atom. The maximum Gasteiger partial charge on any atom is 0.193 e. The lowest BCUT2D eigenvalue weighted by molar-refractivity contribution is 0.530. The van der Waals surface area contributed by atoms with E-state index in [1.54, 1.807) is 11.3 Å². The highest BCUT2D eigenvalue weighted by Crippen LogP contribution is 2.14. The second-order valence-corrected chi connectivity index (χ2v) is 6.22. The lowest BCUT2D eigenvalue weighted by atomic mass is 10.0. The first-order valence-electron chi connectivity index (χ1n) is 7.46. The van der Waals surface area contributed by atoms with E-state index in [0.29, 0.717) is 0 Å². The summed E-state index contributed by atoms with van der Waals surface area (Å²) in [6, 6.07) is 0.260. The van der Waals surface area contributed by atoms with Gasteiger partial charge in [-0.25, -0.2) is 4.98 Å². The van der Waals surface area contributed by atoms with Gasteiger partial charge in [0.25, 0.3) is 0 Å². The van der Waals surface area contributed by atoms with Gasteiger partial charge in [0.1, 0.15) is 0 Å². The number of nitrogens with zero attached hydrogens (tertiary/aromatic N) is 2. The fourth-order valence-electron chi connectivity index (χ4n) is 2.43. The largest absolute Gasteiger partial charge is 0.327 e. The zero-order valence-corrected chi connectivity index (χ0v) is 12.7. The van der Waals surface area contributed by atoms with E-state index in [0.717, 1.165) is 23.5 Å². The average Bonchev–Trinajstić information content (AvgIpc) is 2.94.